The molecule has 7 nitrogen and oxygen atoms in total. The molecule has 2 aromatic rings. The molecule has 1 aliphatic carbocycles. The predicted octanol–water partition coefficient (Wildman–Crippen LogP) is 4.61. The molecule has 0 spiro atoms. The predicted molar refractivity (Wildman–Crippen MR) is 134 cm³/mol. The number of rotatable bonds is 9. The number of carbonyl (C=O) groups excluding carboxylic acids is 2. The Balaban J connectivity index is 1.64. The van der Waals surface area contributed by atoms with Crippen LogP contribution in [0.3, 0.4) is 0 Å². The van der Waals surface area contributed by atoms with Crippen molar-refractivity contribution in [3.8, 4) is 5.75 Å². The number of nitrogens with one attached hydrogen (secondary N) is 1. The van der Waals surface area contributed by atoms with Crippen LogP contribution in [0.2, 0.25) is 10.0 Å². The second-order valence-corrected chi connectivity index (χ2v) is 10.6. The number of primary amides is 1. The number of benzene rings is 2. The Morgan fingerprint density at radius 1 is 1.11 bits per heavy atom. The van der Waals surface area contributed by atoms with Crippen molar-refractivity contribution in [3.63, 3.8) is 0 Å². The number of hydrogen-bond acceptors (Lipinski definition) is 4. The molecule has 188 valence electrons. The lowest BCUT2D eigenvalue weighted by Gasteiger charge is -2.39. The van der Waals surface area contributed by atoms with E-state index in [1.807, 2.05) is 13.8 Å². The third kappa shape index (κ3) is 5.57. The van der Waals surface area contributed by atoms with Crippen LogP contribution in [0.4, 0.5) is 0 Å². The molecule has 0 bridgehead atoms. The van der Waals surface area contributed by atoms with Crippen molar-refractivity contribution in [1.29, 1.82) is 0 Å². The van der Waals surface area contributed by atoms with Gasteiger partial charge in [-0.3, -0.25) is 9.59 Å². The first-order valence-electron chi connectivity index (χ1n) is 11.3. The third-order valence-electron chi connectivity index (χ3n) is 7.51. The lowest BCUT2D eigenvalue weighted by atomic mass is 9.65. The van der Waals surface area contributed by atoms with E-state index >= 15 is 0 Å². The summed E-state index contributed by atoms with van der Waals surface area (Å²) in [6, 6.07) is 11.0. The first-order valence-corrected chi connectivity index (χ1v) is 12.1. The van der Waals surface area contributed by atoms with Gasteiger partial charge in [0.05, 0.1) is 5.41 Å². The highest BCUT2D eigenvalue weighted by Crippen LogP contribution is 2.55. The van der Waals surface area contributed by atoms with Gasteiger partial charge in [-0.15, -0.1) is 0 Å². The maximum Gasteiger partial charge on any atom is 0.326 e. The molecule has 0 radical (unpaired) electrons. The largest absolute Gasteiger partial charge is 0.489 e. The standard InChI is InChI=1S/C26H30Cl2N2O5/c1-25(2)18(11-12-26(25,3)24(29)34)22(31)30-21(23(32)33)13-15-7-9-16(10-8-15)35-14-17-19(27)5-4-6-20(17)28/h4-10,18,21H,11-14H2,1-3H3,(H2,29,34)(H,30,31)(H,32,33). The zero-order chi connectivity index (χ0) is 26.0. The van der Waals surface area contributed by atoms with E-state index in [-0.39, 0.29) is 18.9 Å². The summed E-state index contributed by atoms with van der Waals surface area (Å²) in [4.78, 5) is 37.0. The average molecular weight is 521 g/mol. The van der Waals surface area contributed by atoms with Crippen molar-refractivity contribution in [2.45, 2.75) is 52.7 Å². The number of hydrogen-bond donors (Lipinski definition) is 3. The van der Waals surface area contributed by atoms with Gasteiger partial charge < -0.3 is 20.9 Å². The number of ether oxygens (including phenoxy) is 1. The van der Waals surface area contributed by atoms with E-state index in [0.717, 1.165) is 0 Å². The average Bonchev–Trinajstić information content (AvgIpc) is 3.03. The number of carboxylic acids is 1. The van der Waals surface area contributed by atoms with Gasteiger partial charge in [0, 0.05) is 27.9 Å². The number of aliphatic carboxylic acids is 1. The summed E-state index contributed by atoms with van der Waals surface area (Å²) in [6.45, 7) is 5.62. The van der Waals surface area contributed by atoms with Gasteiger partial charge in [0.1, 0.15) is 18.4 Å². The van der Waals surface area contributed by atoms with Crippen LogP contribution < -0.4 is 15.8 Å². The number of carboxylic acid groups (broad SMARTS) is 1. The molecule has 3 rings (SSSR count). The Bertz CT molecular complexity index is 1100. The van der Waals surface area contributed by atoms with E-state index in [9.17, 15) is 19.5 Å². The molecule has 0 aliphatic heterocycles. The minimum Gasteiger partial charge on any atom is -0.489 e. The summed E-state index contributed by atoms with van der Waals surface area (Å²) in [5.41, 5.74) is 5.47. The van der Waals surface area contributed by atoms with Crippen LogP contribution in [-0.2, 0) is 27.4 Å². The fourth-order valence-electron chi connectivity index (χ4n) is 4.66. The van der Waals surface area contributed by atoms with Crippen molar-refractivity contribution in [2.24, 2.45) is 22.5 Å². The topological polar surface area (TPSA) is 119 Å². The highest BCUT2D eigenvalue weighted by Gasteiger charge is 2.57. The maximum absolute atomic E-state index is 13.0. The monoisotopic (exact) mass is 520 g/mol. The van der Waals surface area contributed by atoms with E-state index in [1.54, 1.807) is 49.4 Å². The molecule has 0 aromatic heterocycles. The molecule has 35 heavy (non-hydrogen) atoms. The summed E-state index contributed by atoms with van der Waals surface area (Å²) in [5, 5.41) is 13.4. The van der Waals surface area contributed by atoms with Gasteiger partial charge in [-0.25, -0.2) is 4.79 Å². The number of nitrogens with two attached hydrogens (primary N) is 1. The quantitative estimate of drug-likeness (QED) is 0.445. The molecule has 1 aliphatic rings. The van der Waals surface area contributed by atoms with E-state index in [0.29, 0.717) is 39.8 Å². The summed E-state index contributed by atoms with van der Waals surface area (Å²) in [5.74, 6) is -1.93. The number of halogens is 2. The Morgan fingerprint density at radius 2 is 1.71 bits per heavy atom. The zero-order valence-electron chi connectivity index (χ0n) is 19.9. The van der Waals surface area contributed by atoms with Crippen LogP contribution in [-0.4, -0.2) is 28.9 Å². The van der Waals surface area contributed by atoms with E-state index in [1.165, 1.54) is 0 Å². The van der Waals surface area contributed by atoms with Crippen LogP contribution >= 0.6 is 23.2 Å². The molecule has 4 N–H and O–H groups in total. The van der Waals surface area contributed by atoms with Crippen LogP contribution in [0.15, 0.2) is 42.5 Å². The van der Waals surface area contributed by atoms with Crippen molar-refractivity contribution < 1.29 is 24.2 Å². The summed E-state index contributed by atoms with van der Waals surface area (Å²) in [7, 11) is 0. The Labute approximate surface area is 214 Å². The second kappa shape index (κ2) is 10.5. The Kier molecular flexibility index (Phi) is 8.02. The normalized spacial score (nSPS) is 21.8. The molecular weight excluding hydrogens is 491 g/mol. The summed E-state index contributed by atoms with van der Waals surface area (Å²) >= 11 is 12.3. The van der Waals surface area contributed by atoms with Crippen LogP contribution in [0, 0.1) is 16.7 Å². The van der Waals surface area contributed by atoms with Gasteiger partial charge in [-0.2, -0.15) is 0 Å². The zero-order valence-corrected chi connectivity index (χ0v) is 21.4. The molecule has 2 aromatic carbocycles. The molecule has 3 unspecified atom stereocenters. The molecule has 1 fully saturated rings. The maximum atomic E-state index is 13.0. The fourth-order valence-corrected chi connectivity index (χ4v) is 5.16. The smallest absolute Gasteiger partial charge is 0.326 e. The second-order valence-electron chi connectivity index (χ2n) is 9.75. The van der Waals surface area contributed by atoms with Gasteiger partial charge in [0.15, 0.2) is 0 Å². The molecular formula is C26H30Cl2N2O5. The highest BCUT2D eigenvalue weighted by molar-refractivity contribution is 6.35. The van der Waals surface area contributed by atoms with Gasteiger partial charge in [0.25, 0.3) is 0 Å². The van der Waals surface area contributed by atoms with Gasteiger partial charge in [-0.1, -0.05) is 62.2 Å². The third-order valence-corrected chi connectivity index (χ3v) is 8.22. The van der Waals surface area contributed by atoms with Crippen molar-refractivity contribution in [3.05, 3.63) is 63.6 Å². The van der Waals surface area contributed by atoms with Crippen molar-refractivity contribution in [2.75, 3.05) is 0 Å². The molecule has 9 heteroatoms. The lowest BCUT2D eigenvalue weighted by molar-refractivity contribution is -0.144. The molecule has 0 saturated heterocycles. The fraction of sp³-hybridized carbons (Fsp3) is 0.423. The lowest BCUT2D eigenvalue weighted by Crippen LogP contribution is -2.51. The van der Waals surface area contributed by atoms with E-state index in [4.69, 9.17) is 33.7 Å². The summed E-state index contributed by atoms with van der Waals surface area (Å²) in [6.07, 6.45) is 1.04. The van der Waals surface area contributed by atoms with Crippen LogP contribution in [0.25, 0.3) is 0 Å². The van der Waals surface area contributed by atoms with Crippen LogP contribution in [0.1, 0.15) is 44.7 Å². The molecule has 2 amide bonds. The SMILES string of the molecule is CC1(C(N)=O)CCC(C(=O)NC(Cc2ccc(OCc3c(Cl)cccc3Cl)cc2)C(=O)O)C1(C)C. The molecule has 3 atom stereocenters. The minimum absolute atomic E-state index is 0.0952. The number of amides is 2. The minimum atomic E-state index is -1.14. The van der Waals surface area contributed by atoms with E-state index in [2.05, 4.69) is 5.32 Å². The highest BCUT2D eigenvalue weighted by atomic mass is 35.5. The van der Waals surface area contributed by atoms with Crippen molar-refractivity contribution >= 4 is 41.0 Å². The number of carbonyl (C=O) groups is 3. The van der Waals surface area contributed by atoms with Gasteiger partial charge in [-0.05, 0) is 48.1 Å². The van der Waals surface area contributed by atoms with E-state index < -0.39 is 34.7 Å². The Morgan fingerprint density at radius 3 is 2.23 bits per heavy atom. The first kappa shape index (κ1) is 26.8. The summed E-state index contributed by atoms with van der Waals surface area (Å²) < 4.78 is 5.76. The Hall–Kier alpha value is -2.77. The van der Waals surface area contributed by atoms with Crippen LogP contribution in [0.5, 0.6) is 5.75 Å². The van der Waals surface area contributed by atoms with Gasteiger partial charge >= 0.3 is 5.97 Å². The molecule has 0 heterocycles. The molecule has 1 saturated carbocycles. The van der Waals surface area contributed by atoms with Gasteiger partial charge in [0.2, 0.25) is 11.8 Å². The van der Waals surface area contributed by atoms with Crippen molar-refractivity contribution in [1.82, 2.24) is 5.32 Å². The first-order chi connectivity index (χ1) is 16.4.